The Morgan fingerprint density at radius 3 is 2.58 bits per heavy atom. The second-order valence-corrected chi connectivity index (χ2v) is 7.50. The molecule has 0 saturated carbocycles. The van der Waals surface area contributed by atoms with Crippen molar-refractivity contribution in [2.75, 3.05) is 11.9 Å². The topological polar surface area (TPSA) is 50.7 Å². The van der Waals surface area contributed by atoms with Gasteiger partial charge in [0, 0.05) is 19.2 Å². The molecule has 0 aliphatic heterocycles. The fourth-order valence-electron chi connectivity index (χ4n) is 1.54. The van der Waals surface area contributed by atoms with Crippen LogP contribution in [0.5, 0.6) is 0 Å². The molecule has 0 aliphatic rings. The highest BCUT2D eigenvalue weighted by molar-refractivity contribution is 7.23. The number of anilines is 1. The van der Waals surface area contributed by atoms with Crippen molar-refractivity contribution < 1.29 is 0 Å². The molecule has 0 atom stereocenters. The van der Waals surface area contributed by atoms with E-state index in [1.165, 1.54) is 5.01 Å². The van der Waals surface area contributed by atoms with Gasteiger partial charge in [0.1, 0.15) is 0 Å². The van der Waals surface area contributed by atoms with E-state index in [1.54, 1.807) is 22.7 Å². The van der Waals surface area contributed by atoms with Crippen LogP contribution in [0.4, 0.5) is 5.13 Å². The first-order valence-corrected chi connectivity index (χ1v) is 8.20. The Morgan fingerprint density at radius 2 is 1.89 bits per heavy atom. The van der Waals surface area contributed by atoms with Crippen LogP contribution in [-0.4, -0.2) is 21.7 Å². The lowest BCUT2D eigenvalue weighted by atomic mass is 10.1. The molecule has 2 rings (SSSR count). The van der Waals surface area contributed by atoms with Crippen molar-refractivity contribution in [1.29, 1.82) is 0 Å². The van der Waals surface area contributed by atoms with E-state index >= 15 is 0 Å². The van der Waals surface area contributed by atoms with Crippen molar-refractivity contribution >= 4 is 27.8 Å². The third-order valence-corrected chi connectivity index (χ3v) is 4.50. The molecule has 0 spiro atoms. The maximum atomic E-state index is 4.45. The van der Waals surface area contributed by atoms with Gasteiger partial charge in [0.05, 0.1) is 9.88 Å². The number of nitrogens with zero attached hydrogens (tertiary/aromatic N) is 3. The standard InChI is InChI=1S/C13H20N4S2/c1-8(2)5-11-14-7-10(18-11)12-16-17-13(19-12)15-6-9(3)4/h7-9H,5-6H2,1-4H3,(H,15,17). The lowest BCUT2D eigenvalue weighted by Gasteiger charge is -2.03. The van der Waals surface area contributed by atoms with Gasteiger partial charge in [0.25, 0.3) is 0 Å². The van der Waals surface area contributed by atoms with Crippen LogP contribution in [0.15, 0.2) is 6.20 Å². The van der Waals surface area contributed by atoms with Gasteiger partial charge in [0.15, 0.2) is 5.01 Å². The van der Waals surface area contributed by atoms with Crippen molar-refractivity contribution in [2.45, 2.75) is 34.1 Å². The zero-order chi connectivity index (χ0) is 13.8. The van der Waals surface area contributed by atoms with Crippen LogP contribution in [0.1, 0.15) is 32.7 Å². The van der Waals surface area contributed by atoms with Gasteiger partial charge >= 0.3 is 0 Å². The van der Waals surface area contributed by atoms with E-state index in [9.17, 15) is 0 Å². The zero-order valence-corrected chi connectivity index (χ0v) is 13.4. The molecule has 4 nitrogen and oxygen atoms in total. The summed E-state index contributed by atoms with van der Waals surface area (Å²) in [6.07, 6.45) is 2.94. The summed E-state index contributed by atoms with van der Waals surface area (Å²) in [5.74, 6) is 1.24. The van der Waals surface area contributed by atoms with Crippen molar-refractivity contribution in [3.63, 3.8) is 0 Å². The lowest BCUT2D eigenvalue weighted by Crippen LogP contribution is -2.07. The summed E-state index contributed by atoms with van der Waals surface area (Å²) in [5.41, 5.74) is 0. The van der Waals surface area contributed by atoms with E-state index in [1.807, 2.05) is 6.20 Å². The molecule has 2 aromatic heterocycles. The molecule has 0 aliphatic carbocycles. The van der Waals surface area contributed by atoms with Gasteiger partial charge in [-0.05, 0) is 11.8 Å². The Kier molecular flexibility index (Phi) is 4.87. The molecule has 19 heavy (non-hydrogen) atoms. The minimum atomic E-state index is 0.605. The first-order chi connectivity index (χ1) is 9.04. The van der Waals surface area contributed by atoms with Crippen molar-refractivity contribution in [3.05, 3.63) is 11.2 Å². The summed E-state index contributed by atoms with van der Waals surface area (Å²) in [7, 11) is 0. The minimum absolute atomic E-state index is 0.605. The zero-order valence-electron chi connectivity index (χ0n) is 11.8. The Labute approximate surface area is 122 Å². The molecular weight excluding hydrogens is 276 g/mol. The minimum Gasteiger partial charge on any atom is -0.360 e. The maximum absolute atomic E-state index is 4.45. The molecular formula is C13H20N4S2. The van der Waals surface area contributed by atoms with Crippen LogP contribution in [0, 0.1) is 11.8 Å². The van der Waals surface area contributed by atoms with Gasteiger partial charge in [-0.25, -0.2) is 4.98 Å². The number of thiazole rings is 1. The smallest absolute Gasteiger partial charge is 0.206 e. The monoisotopic (exact) mass is 296 g/mol. The summed E-state index contributed by atoms with van der Waals surface area (Å²) in [6.45, 7) is 9.70. The third kappa shape index (κ3) is 4.24. The highest BCUT2D eigenvalue weighted by Gasteiger charge is 2.11. The lowest BCUT2D eigenvalue weighted by molar-refractivity contribution is 0.644. The van der Waals surface area contributed by atoms with Crippen LogP contribution >= 0.6 is 22.7 Å². The van der Waals surface area contributed by atoms with E-state index in [2.05, 4.69) is 48.2 Å². The molecule has 0 amide bonds. The van der Waals surface area contributed by atoms with Crippen LogP contribution in [0.3, 0.4) is 0 Å². The predicted octanol–water partition coefficient (Wildman–Crippen LogP) is 3.93. The largest absolute Gasteiger partial charge is 0.360 e. The fraction of sp³-hybridized carbons (Fsp3) is 0.615. The highest BCUT2D eigenvalue weighted by atomic mass is 32.1. The molecule has 104 valence electrons. The van der Waals surface area contributed by atoms with Crippen LogP contribution < -0.4 is 5.32 Å². The Bertz CT molecular complexity index is 516. The van der Waals surface area contributed by atoms with Crippen LogP contribution in [0.25, 0.3) is 9.88 Å². The quantitative estimate of drug-likeness (QED) is 0.877. The van der Waals surface area contributed by atoms with Gasteiger partial charge < -0.3 is 5.32 Å². The number of nitrogens with one attached hydrogen (secondary N) is 1. The van der Waals surface area contributed by atoms with E-state index in [4.69, 9.17) is 0 Å². The normalized spacial score (nSPS) is 11.5. The number of rotatable bonds is 6. The molecule has 6 heteroatoms. The summed E-state index contributed by atoms with van der Waals surface area (Å²) in [4.78, 5) is 5.57. The summed E-state index contributed by atoms with van der Waals surface area (Å²) >= 11 is 3.32. The second-order valence-electron chi connectivity index (χ2n) is 5.40. The van der Waals surface area contributed by atoms with Gasteiger partial charge in [-0.3, -0.25) is 0 Å². The van der Waals surface area contributed by atoms with Gasteiger partial charge in [-0.2, -0.15) is 0 Å². The average Bonchev–Trinajstić information content (AvgIpc) is 2.93. The highest BCUT2D eigenvalue weighted by Crippen LogP contribution is 2.31. The van der Waals surface area contributed by atoms with E-state index in [0.717, 1.165) is 28.0 Å². The Hall–Kier alpha value is -1.01. The van der Waals surface area contributed by atoms with E-state index in [-0.39, 0.29) is 0 Å². The molecule has 0 unspecified atom stereocenters. The number of hydrogen-bond acceptors (Lipinski definition) is 6. The molecule has 0 aromatic carbocycles. The molecule has 2 heterocycles. The van der Waals surface area contributed by atoms with Crippen molar-refractivity contribution in [2.24, 2.45) is 11.8 Å². The molecule has 0 radical (unpaired) electrons. The summed E-state index contributed by atoms with van der Waals surface area (Å²) in [6, 6.07) is 0. The molecule has 2 aromatic rings. The maximum Gasteiger partial charge on any atom is 0.206 e. The van der Waals surface area contributed by atoms with E-state index < -0.39 is 0 Å². The van der Waals surface area contributed by atoms with Crippen LogP contribution in [-0.2, 0) is 6.42 Å². The molecule has 0 fully saturated rings. The number of hydrogen-bond donors (Lipinski definition) is 1. The summed E-state index contributed by atoms with van der Waals surface area (Å²) in [5, 5.41) is 14.7. The first kappa shape index (κ1) is 14.4. The Balaban J connectivity index is 2.03. The molecule has 0 bridgehead atoms. The third-order valence-electron chi connectivity index (χ3n) is 2.43. The number of aromatic nitrogens is 3. The first-order valence-electron chi connectivity index (χ1n) is 6.57. The van der Waals surface area contributed by atoms with Crippen LogP contribution in [0.2, 0.25) is 0 Å². The van der Waals surface area contributed by atoms with Gasteiger partial charge in [-0.1, -0.05) is 39.0 Å². The van der Waals surface area contributed by atoms with Gasteiger partial charge in [0.2, 0.25) is 5.13 Å². The predicted molar refractivity (Wildman–Crippen MR) is 82.9 cm³/mol. The average molecular weight is 296 g/mol. The second kappa shape index (κ2) is 6.43. The SMILES string of the molecule is CC(C)CNc1nnc(-c2cnc(CC(C)C)s2)s1. The Morgan fingerprint density at radius 1 is 1.11 bits per heavy atom. The van der Waals surface area contributed by atoms with E-state index in [0.29, 0.717) is 11.8 Å². The molecule has 0 saturated heterocycles. The van der Waals surface area contributed by atoms with Crippen molar-refractivity contribution in [1.82, 2.24) is 15.2 Å². The van der Waals surface area contributed by atoms with Gasteiger partial charge in [-0.15, -0.1) is 21.5 Å². The summed E-state index contributed by atoms with van der Waals surface area (Å²) < 4.78 is 0. The molecule has 1 N–H and O–H groups in total. The fourth-order valence-corrected chi connectivity index (χ4v) is 3.45. The van der Waals surface area contributed by atoms with Crippen molar-refractivity contribution in [3.8, 4) is 9.88 Å².